The van der Waals surface area contributed by atoms with Crippen LogP contribution in [0, 0.1) is 5.92 Å². The number of unbranched alkanes of at least 4 members (excludes halogenated alkanes) is 4. The number of nitrogens with zero attached hydrogens (tertiary/aromatic N) is 1. The van der Waals surface area contributed by atoms with Gasteiger partial charge in [-0.1, -0.05) is 52.9 Å². The highest BCUT2D eigenvalue weighted by molar-refractivity contribution is 4.83. The molecule has 1 aliphatic heterocycles. The van der Waals surface area contributed by atoms with Crippen molar-refractivity contribution in [2.75, 3.05) is 13.1 Å². The van der Waals surface area contributed by atoms with E-state index in [9.17, 15) is 0 Å². The van der Waals surface area contributed by atoms with Crippen LogP contribution in [0.1, 0.15) is 72.1 Å². The lowest BCUT2D eigenvalue weighted by Gasteiger charge is -2.24. The largest absolute Gasteiger partial charge is 0.300 e. The van der Waals surface area contributed by atoms with E-state index in [1.807, 2.05) is 0 Å². The Balaban J connectivity index is 2.20. The van der Waals surface area contributed by atoms with Crippen LogP contribution >= 0.6 is 0 Å². The van der Waals surface area contributed by atoms with E-state index >= 15 is 0 Å². The molecule has 0 aromatic carbocycles. The second-order valence-corrected chi connectivity index (χ2v) is 5.69. The minimum atomic E-state index is 0.915. The second-order valence-electron chi connectivity index (χ2n) is 5.69. The molecule has 0 radical (unpaired) electrons. The molecule has 0 N–H and O–H groups in total. The Morgan fingerprint density at radius 2 is 1.75 bits per heavy atom. The van der Waals surface area contributed by atoms with Gasteiger partial charge >= 0.3 is 0 Å². The lowest BCUT2D eigenvalue weighted by molar-refractivity contribution is 0.233. The van der Waals surface area contributed by atoms with Gasteiger partial charge in [-0.05, 0) is 31.7 Å². The lowest BCUT2D eigenvalue weighted by Crippen LogP contribution is -2.30. The van der Waals surface area contributed by atoms with Crippen molar-refractivity contribution in [3.63, 3.8) is 0 Å². The van der Waals surface area contributed by atoms with Crippen LogP contribution in [-0.2, 0) is 0 Å². The van der Waals surface area contributed by atoms with Gasteiger partial charge in [0.25, 0.3) is 0 Å². The van der Waals surface area contributed by atoms with E-state index in [4.69, 9.17) is 0 Å². The number of rotatable bonds is 8. The molecule has 0 saturated carbocycles. The van der Waals surface area contributed by atoms with Crippen LogP contribution in [0.4, 0.5) is 0 Å². The summed E-state index contributed by atoms with van der Waals surface area (Å²) < 4.78 is 0. The summed E-state index contributed by atoms with van der Waals surface area (Å²) in [6.45, 7) is 9.73. The summed E-state index contributed by atoms with van der Waals surface area (Å²) in [5.41, 5.74) is 0. The SMILES string of the molecule is CCCCCC[C@H]1C[C@@H](C)CN1CCCC. The van der Waals surface area contributed by atoms with E-state index in [-0.39, 0.29) is 0 Å². The molecule has 1 fully saturated rings. The Kier molecular flexibility index (Phi) is 7.11. The average molecular weight is 225 g/mol. The van der Waals surface area contributed by atoms with E-state index in [0.717, 1.165) is 12.0 Å². The molecular formula is C15H31N. The highest BCUT2D eigenvalue weighted by atomic mass is 15.2. The fourth-order valence-corrected chi connectivity index (χ4v) is 2.98. The molecule has 0 spiro atoms. The molecule has 1 heterocycles. The van der Waals surface area contributed by atoms with E-state index in [1.54, 1.807) is 0 Å². The van der Waals surface area contributed by atoms with E-state index in [0.29, 0.717) is 0 Å². The van der Waals surface area contributed by atoms with Crippen molar-refractivity contribution in [3.05, 3.63) is 0 Å². The van der Waals surface area contributed by atoms with Gasteiger partial charge in [0.05, 0.1) is 0 Å². The quantitative estimate of drug-likeness (QED) is 0.551. The topological polar surface area (TPSA) is 3.24 Å². The van der Waals surface area contributed by atoms with Crippen molar-refractivity contribution in [2.24, 2.45) is 5.92 Å². The summed E-state index contributed by atoms with van der Waals surface area (Å²) in [6.07, 6.45) is 11.3. The van der Waals surface area contributed by atoms with Gasteiger partial charge in [0.15, 0.2) is 0 Å². The molecule has 0 bridgehead atoms. The third kappa shape index (κ3) is 4.86. The molecule has 1 nitrogen and oxygen atoms in total. The molecule has 0 amide bonds. The van der Waals surface area contributed by atoms with Crippen LogP contribution in [0.2, 0.25) is 0 Å². The minimum absolute atomic E-state index is 0.915. The molecular weight excluding hydrogens is 194 g/mol. The Morgan fingerprint density at radius 1 is 1.00 bits per heavy atom. The first-order chi connectivity index (χ1) is 7.77. The number of hydrogen-bond donors (Lipinski definition) is 0. The van der Waals surface area contributed by atoms with Gasteiger partial charge in [0.2, 0.25) is 0 Å². The summed E-state index contributed by atoms with van der Waals surface area (Å²) in [5, 5.41) is 0. The lowest BCUT2D eigenvalue weighted by atomic mass is 10.0. The summed E-state index contributed by atoms with van der Waals surface area (Å²) in [4.78, 5) is 2.76. The Labute approximate surface area is 103 Å². The third-order valence-corrected chi connectivity index (χ3v) is 3.93. The highest BCUT2D eigenvalue weighted by Crippen LogP contribution is 2.26. The minimum Gasteiger partial charge on any atom is -0.300 e. The fourth-order valence-electron chi connectivity index (χ4n) is 2.98. The van der Waals surface area contributed by atoms with Gasteiger partial charge in [-0.3, -0.25) is 0 Å². The van der Waals surface area contributed by atoms with Crippen molar-refractivity contribution < 1.29 is 0 Å². The predicted molar refractivity (Wildman–Crippen MR) is 72.8 cm³/mol. The molecule has 0 aromatic rings. The maximum absolute atomic E-state index is 2.76. The third-order valence-electron chi connectivity index (χ3n) is 3.93. The van der Waals surface area contributed by atoms with Crippen LogP contribution in [0.3, 0.4) is 0 Å². The molecule has 96 valence electrons. The van der Waals surface area contributed by atoms with Gasteiger partial charge in [-0.15, -0.1) is 0 Å². The Morgan fingerprint density at radius 3 is 2.44 bits per heavy atom. The van der Waals surface area contributed by atoms with Gasteiger partial charge in [0.1, 0.15) is 0 Å². The van der Waals surface area contributed by atoms with Gasteiger partial charge < -0.3 is 4.90 Å². The van der Waals surface area contributed by atoms with Crippen LogP contribution in [-0.4, -0.2) is 24.0 Å². The number of hydrogen-bond acceptors (Lipinski definition) is 1. The van der Waals surface area contributed by atoms with Crippen LogP contribution in [0.25, 0.3) is 0 Å². The first-order valence-electron chi connectivity index (χ1n) is 7.52. The molecule has 1 rings (SSSR count). The van der Waals surface area contributed by atoms with Crippen molar-refractivity contribution in [1.82, 2.24) is 4.90 Å². The maximum Gasteiger partial charge on any atom is 0.00983 e. The molecule has 0 unspecified atom stereocenters. The van der Waals surface area contributed by atoms with E-state index in [2.05, 4.69) is 25.7 Å². The molecule has 0 aliphatic carbocycles. The van der Waals surface area contributed by atoms with Gasteiger partial charge in [-0.2, -0.15) is 0 Å². The standard InChI is InChI=1S/C15H31N/c1-4-6-8-9-10-15-12-14(3)13-16(15)11-7-5-2/h14-15H,4-13H2,1-3H3/t14-,15+/m1/s1. The van der Waals surface area contributed by atoms with E-state index in [1.165, 1.54) is 64.5 Å². The van der Waals surface area contributed by atoms with E-state index < -0.39 is 0 Å². The summed E-state index contributed by atoms with van der Waals surface area (Å²) in [7, 11) is 0. The van der Waals surface area contributed by atoms with Crippen LogP contribution < -0.4 is 0 Å². The molecule has 0 aromatic heterocycles. The molecule has 1 saturated heterocycles. The van der Waals surface area contributed by atoms with Crippen LogP contribution in [0.15, 0.2) is 0 Å². The smallest absolute Gasteiger partial charge is 0.00983 e. The fraction of sp³-hybridized carbons (Fsp3) is 1.00. The zero-order valence-electron chi connectivity index (χ0n) is 11.7. The average Bonchev–Trinajstić information content (AvgIpc) is 2.62. The first kappa shape index (κ1) is 14.0. The maximum atomic E-state index is 2.76. The van der Waals surface area contributed by atoms with Crippen molar-refractivity contribution in [2.45, 2.75) is 78.2 Å². The van der Waals surface area contributed by atoms with Crippen LogP contribution in [0.5, 0.6) is 0 Å². The zero-order chi connectivity index (χ0) is 11.8. The van der Waals surface area contributed by atoms with Crippen molar-refractivity contribution in [3.8, 4) is 0 Å². The Bertz CT molecular complexity index is 167. The molecule has 2 atom stereocenters. The summed E-state index contributed by atoms with van der Waals surface area (Å²) in [5.74, 6) is 0.938. The monoisotopic (exact) mass is 225 g/mol. The van der Waals surface area contributed by atoms with Gasteiger partial charge in [0, 0.05) is 12.6 Å². The Hall–Kier alpha value is -0.0400. The highest BCUT2D eigenvalue weighted by Gasteiger charge is 2.28. The first-order valence-corrected chi connectivity index (χ1v) is 7.52. The molecule has 16 heavy (non-hydrogen) atoms. The van der Waals surface area contributed by atoms with Crippen molar-refractivity contribution in [1.29, 1.82) is 0 Å². The number of likely N-dealkylation sites (tertiary alicyclic amines) is 1. The molecule has 1 aliphatic rings. The zero-order valence-corrected chi connectivity index (χ0v) is 11.7. The normalized spacial score (nSPS) is 26.4. The van der Waals surface area contributed by atoms with Crippen molar-refractivity contribution >= 4 is 0 Å². The predicted octanol–water partition coefficient (Wildman–Crippen LogP) is 4.47. The summed E-state index contributed by atoms with van der Waals surface area (Å²) in [6, 6.07) is 0.915. The summed E-state index contributed by atoms with van der Waals surface area (Å²) >= 11 is 0. The second kappa shape index (κ2) is 8.11. The van der Waals surface area contributed by atoms with Gasteiger partial charge in [-0.25, -0.2) is 0 Å². The molecule has 1 heteroatoms.